The Kier molecular flexibility index (Phi) is 7.38. The number of nitrogens with zero attached hydrogens (tertiary/aromatic N) is 1. The van der Waals surface area contributed by atoms with E-state index in [9.17, 15) is 13.2 Å². The van der Waals surface area contributed by atoms with Crippen molar-refractivity contribution in [2.24, 2.45) is 0 Å². The average Bonchev–Trinajstić information content (AvgIpc) is 2.65. The van der Waals surface area contributed by atoms with E-state index in [-0.39, 0.29) is 18.2 Å². The van der Waals surface area contributed by atoms with Gasteiger partial charge in [-0.1, -0.05) is 26.2 Å². The Hall–Kier alpha value is -0.620. The largest absolute Gasteiger partial charge is 0.355 e. The molecular weight excluding hydrogens is 264 g/mol. The third-order valence-corrected chi connectivity index (χ3v) is 5.27. The van der Waals surface area contributed by atoms with E-state index in [2.05, 4.69) is 5.32 Å². The molecule has 1 N–H and O–H groups in total. The van der Waals surface area contributed by atoms with E-state index in [4.69, 9.17) is 0 Å². The van der Waals surface area contributed by atoms with Gasteiger partial charge >= 0.3 is 0 Å². The highest BCUT2D eigenvalue weighted by Crippen LogP contribution is 2.13. The first kappa shape index (κ1) is 16.4. The molecule has 0 atom stereocenters. The summed E-state index contributed by atoms with van der Waals surface area (Å²) in [7, 11) is -3.20. The van der Waals surface area contributed by atoms with Crippen LogP contribution in [0.4, 0.5) is 0 Å². The number of unbranched alkanes of at least 4 members (excludes halogenated alkanes) is 1. The Bertz CT molecular complexity index is 360. The second-order valence-corrected chi connectivity index (χ2v) is 7.17. The molecule has 1 heterocycles. The molecule has 5 nitrogen and oxygen atoms in total. The van der Waals surface area contributed by atoms with Crippen LogP contribution in [0.2, 0.25) is 0 Å². The van der Waals surface area contributed by atoms with Gasteiger partial charge in [-0.25, -0.2) is 12.7 Å². The molecule has 0 unspecified atom stereocenters. The van der Waals surface area contributed by atoms with Crippen molar-refractivity contribution in [3.05, 3.63) is 0 Å². The normalized spacial score (nSPS) is 17.9. The van der Waals surface area contributed by atoms with Gasteiger partial charge in [-0.15, -0.1) is 0 Å². The second-order valence-electron chi connectivity index (χ2n) is 5.08. The number of sulfonamides is 1. The molecule has 0 bridgehead atoms. The smallest absolute Gasteiger partial charge is 0.220 e. The van der Waals surface area contributed by atoms with Crippen LogP contribution < -0.4 is 5.32 Å². The Labute approximate surface area is 116 Å². The molecule has 0 aliphatic carbocycles. The molecule has 6 heteroatoms. The van der Waals surface area contributed by atoms with Gasteiger partial charge in [-0.3, -0.25) is 4.79 Å². The number of hydrogen-bond donors (Lipinski definition) is 1. The van der Waals surface area contributed by atoms with Crippen LogP contribution in [0, 0.1) is 0 Å². The highest BCUT2D eigenvalue weighted by molar-refractivity contribution is 7.89. The lowest BCUT2D eigenvalue weighted by Gasteiger charge is -2.19. The zero-order valence-electron chi connectivity index (χ0n) is 11.9. The minimum atomic E-state index is -3.20. The molecule has 1 fully saturated rings. The number of carbonyl (C=O) groups excluding carboxylic acids is 1. The van der Waals surface area contributed by atoms with Crippen molar-refractivity contribution in [2.45, 2.75) is 51.9 Å². The van der Waals surface area contributed by atoms with Crippen molar-refractivity contribution in [3.8, 4) is 0 Å². The van der Waals surface area contributed by atoms with Crippen LogP contribution in [-0.2, 0) is 14.8 Å². The lowest BCUT2D eigenvalue weighted by molar-refractivity contribution is -0.121. The van der Waals surface area contributed by atoms with Gasteiger partial charge < -0.3 is 5.32 Å². The topological polar surface area (TPSA) is 66.5 Å². The maximum Gasteiger partial charge on any atom is 0.220 e. The minimum Gasteiger partial charge on any atom is -0.355 e. The van der Waals surface area contributed by atoms with Crippen LogP contribution in [0.5, 0.6) is 0 Å². The first-order chi connectivity index (χ1) is 9.06. The van der Waals surface area contributed by atoms with Crippen molar-refractivity contribution >= 4 is 15.9 Å². The highest BCUT2D eigenvalue weighted by atomic mass is 32.2. The van der Waals surface area contributed by atoms with Crippen LogP contribution in [0.3, 0.4) is 0 Å². The van der Waals surface area contributed by atoms with Gasteiger partial charge in [0.25, 0.3) is 0 Å². The van der Waals surface area contributed by atoms with Crippen LogP contribution in [0.15, 0.2) is 0 Å². The lowest BCUT2D eigenvalue weighted by atomic mass is 10.2. The maximum absolute atomic E-state index is 12.1. The molecule has 0 aromatic rings. The fourth-order valence-corrected chi connectivity index (χ4v) is 3.63. The van der Waals surface area contributed by atoms with Crippen LogP contribution >= 0.6 is 0 Å². The van der Waals surface area contributed by atoms with E-state index >= 15 is 0 Å². The summed E-state index contributed by atoms with van der Waals surface area (Å²) in [6.45, 7) is 3.51. The van der Waals surface area contributed by atoms with Crippen molar-refractivity contribution in [1.82, 2.24) is 9.62 Å². The molecule has 0 saturated carbocycles. The molecule has 0 aromatic carbocycles. The van der Waals surface area contributed by atoms with E-state index in [0.717, 1.165) is 38.5 Å². The summed E-state index contributed by atoms with van der Waals surface area (Å²) in [6.07, 6.45) is 6.42. The van der Waals surface area contributed by atoms with Gasteiger partial charge in [0.2, 0.25) is 15.9 Å². The van der Waals surface area contributed by atoms with E-state index < -0.39 is 10.0 Å². The SMILES string of the molecule is CCCCC(=O)NCCS(=O)(=O)N1CCCCCC1. The number of carbonyl (C=O) groups is 1. The third kappa shape index (κ3) is 6.38. The fraction of sp³-hybridized carbons (Fsp3) is 0.923. The monoisotopic (exact) mass is 290 g/mol. The predicted octanol–water partition coefficient (Wildman–Crippen LogP) is 1.50. The molecule has 1 aliphatic rings. The zero-order valence-corrected chi connectivity index (χ0v) is 12.7. The van der Waals surface area contributed by atoms with Crippen LogP contribution in [0.1, 0.15) is 51.9 Å². The highest BCUT2D eigenvalue weighted by Gasteiger charge is 2.22. The summed E-state index contributed by atoms with van der Waals surface area (Å²) in [6, 6.07) is 0. The van der Waals surface area contributed by atoms with Crippen molar-refractivity contribution < 1.29 is 13.2 Å². The zero-order chi connectivity index (χ0) is 14.1. The fourth-order valence-electron chi connectivity index (χ4n) is 2.19. The maximum atomic E-state index is 12.1. The molecule has 1 saturated heterocycles. The molecule has 0 radical (unpaired) electrons. The summed E-state index contributed by atoms with van der Waals surface area (Å²) in [5, 5.41) is 2.68. The number of hydrogen-bond acceptors (Lipinski definition) is 3. The molecule has 0 spiro atoms. The number of rotatable bonds is 7. The lowest BCUT2D eigenvalue weighted by Crippen LogP contribution is -2.38. The van der Waals surface area contributed by atoms with E-state index in [0.29, 0.717) is 19.5 Å². The quantitative estimate of drug-likeness (QED) is 0.772. The average molecular weight is 290 g/mol. The Balaban J connectivity index is 2.31. The molecule has 0 aromatic heterocycles. The van der Waals surface area contributed by atoms with E-state index in [1.165, 1.54) is 0 Å². The standard InChI is InChI=1S/C13H26N2O3S/c1-2-3-8-13(16)14-9-12-19(17,18)15-10-6-4-5-7-11-15/h2-12H2,1H3,(H,14,16). The molecule has 19 heavy (non-hydrogen) atoms. The van der Waals surface area contributed by atoms with Gasteiger partial charge in [-0.05, 0) is 19.3 Å². The second kappa shape index (κ2) is 8.53. The third-order valence-electron chi connectivity index (χ3n) is 3.40. The summed E-state index contributed by atoms with van der Waals surface area (Å²) < 4.78 is 25.8. The number of nitrogens with one attached hydrogen (secondary N) is 1. The Morgan fingerprint density at radius 1 is 1.16 bits per heavy atom. The summed E-state index contributed by atoms with van der Waals surface area (Å²) in [5.41, 5.74) is 0. The van der Waals surface area contributed by atoms with Crippen molar-refractivity contribution in [2.75, 3.05) is 25.4 Å². The van der Waals surface area contributed by atoms with Gasteiger partial charge in [0.1, 0.15) is 0 Å². The van der Waals surface area contributed by atoms with Gasteiger partial charge in [0.15, 0.2) is 0 Å². The molecular formula is C13H26N2O3S. The van der Waals surface area contributed by atoms with Gasteiger partial charge in [0, 0.05) is 26.1 Å². The van der Waals surface area contributed by atoms with Gasteiger partial charge in [0.05, 0.1) is 5.75 Å². The van der Waals surface area contributed by atoms with Crippen molar-refractivity contribution in [1.29, 1.82) is 0 Å². The predicted molar refractivity (Wildman–Crippen MR) is 76.4 cm³/mol. The molecule has 1 rings (SSSR count). The minimum absolute atomic E-state index is 0.0187. The summed E-state index contributed by atoms with van der Waals surface area (Å²) in [5.74, 6) is -0.0295. The van der Waals surface area contributed by atoms with Crippen LogP contribution in [0.25, 0.3) is 0 Å². The van der Waals surface area contributed by atoms with E-state index in [1.807, 2.05) is 6.92 Å². The molecule has 1 aliphatic heterocycles. The molecule has 1 amide bonds. The first-order valence-electron chi connectivity index (χ1n) is 7.31. The molecule has 112 valence electrons. The summed E-state index contributed by atoms with van der Waals surface area (Å²) in [4.78, 5) is 11.4. The summed E-state index contributed by atoms with van der Waals surface area (Å²) >= 11 is 0. The Morgan fingerprint density at radius 3 is 2.37 bits per heavy atom. The Morgan fingerprint density at radius 2 is 1.79 bits per heavy atom. The van der Waals surface area contributed by atoms with Gasteiger partial charge in [-0.2, -0.15) is 0 Å². The number of amides is 1. The first-order valence-corrected chi connectivity index (χ1v) is 8.91. The van der Waals surface area contributed by atoms with Crippen molar-refractivity contribution in [3.63, 3.8) is 0 Å². The van der Waals surface area contributed by atoms with Crippen LogP contribution in [-0.4, -0.2) is 44.0 Å². The van der Waals surface area contributed by atoms with E-state index in [1.54, 1.807) is 4.31 Å².